The first-order valence-electron chi connectivity index (χ1n) is 14.2. The molecule has 2 atom stereocenters. The molecule has 0 spiro atoms. The minimum atomic E-state index is -0.984. The average molecular weight is 544 g/mol. The molecule has 1 aromatic carbocycles. The van der Waals surface area contributed by atoms with E-state index in [9.17, 15) is 14.4 Å². The van der Waals surface area contributed by atoms with Crippen LogP contribution in [0.4, 0.5) is 0 Å². The van der Waals surface area contributed by atoms with E-state index in [1.165, 1.54) is 4.90 Å². The van der Waals surface area contributed by atoms with Crippen molar-refractivity contribution in [2.75, 3.05) is 0 Å². The van der Waals surface area contributed by atoms with E-state index in [2.05, 4.69) is 66.0 Å². The molecule has 3 rings (SSSR count). The molecule has 2 saturated heterocycles. The van der Waals surface area contributed by atoms with E-state index in [1.807, 2.05) is 6.07 Å². The Labute approximate surface area is 234 Å². The molecule has 0 radical (unpaired) electrons. The quantitative estimate of drug-likeness (QED) is 0.485. The van der Waals surface area contributed by atoms with Crippen LogP contribution in [0, 0.1) is 0 Å². The van der Waals surface area contributed by atoms with Gasteiger partial charge in [-0.05, 0) is 81.4 Å². The molecule has 0 saturated carbocycles. The standard InChI is InChI=1S/C31H49N3O5/c1-20(26(36)38-23-16-28(3,4)32-29(5,6)17-23)34(25(35)22-14-12-11-13-15-22)21(2)27(37)39-24-18-30(7,8)33-31(9,10)19-24/h11-15,20-21,23-24,32-33H,16-19H2,1-10H3. The highest BCUT2D eigenvalue weighted by Gasteiger charge is 2.44. The second kappa shape index (κ2) is 11.2. The third kappa shape index (κ3) is 8.27. The molecule has 8 heteroatoms. The molecule has 2 aliphatic rings. The number of piperidine rings is 2. The molecule has 0 bridgehead atoms. The smallest absolute Gasteiger partial charge is 0.328 e. The summed E-state index contributed by atoms with van der Waals surface area (Å²) in [6.45, 7) is 20.0. The Morgan fingerprint density at radius 3 is 1.36 bits per heavy atom. The number of nitrogens with zero attached hydrogens (tertiary/aromatic N) is 1. The normalized spacial score (nSPS) is 23.7. The van der Waals surface area contributed by atoms with Crippen molar-refractivity contribution >= 4 is 17.8 Å². The summed E-state index contributed by atoms with van der Waals surface area (Å²) in [6, 6.07) is 6.73. The van der Waals surface area contributed by atoms with E-state index in [1.54, 1.807) is 38.1 Å². The van der Waals surface area contributed by atoms with Gasteiger partial charge in [0.15, 0.2) is 0 Å². The molecule has 0 aromatic heterocycles. The first kappa shape index (κ1) is 31.1. The number of carbonyl (C=O) groups is 3. The Morgan fingerprint density at radius 1 is 0.692 bits per heavy atom. The van der Waals surface area contributed by atoms with Gasteiger partial charge in [-0.15, -0.1) is 0 Å². The second-order valence-corrected chi connectivity index (χ2v) is 14.2. The minimum absolute atomic E-state index is 0.205. The SMILES string of the molecule is CC(C(=O)OC1CC(C)(C)NC(C)(C)C1)N(C(=O)c1ccccc1)C(C)C(=O)OC1CC(C)(C)NC(C)(C)C1. The highest BCUT2D eigenvalue weighted by atomic mass is 16.6. The fourth-order valence-corrected chi connectivity index (χ4v) is 6.79. The van der Waals surface area contributed by atoms with E-state index >= 15 is 0 Å². The molecule has 0 aliphatic carbocycles. The van der Waals surface area contributed by atoms with Crippen LogP contribution in [-0.4, -0.2) is 69.2 Å². The van der Waals surface area contributed by atoms with Crippen molar-refractivity contribution in [3.8, 4) is 0 Å². The predicted molar refractivity (Wildman–Crippen MR) is 152 cm³/mol. The van der Waals surface area contributed by atoms with Crippen LogP contribution in [0.5, 0.6) is 0 Å². The average Bonchev–Trinajstić information content (AvgIpc) is 2.75. The maximum atomic E-state index is 13.7. The third-order valence-corrected chi connectivity index (χ3v) is 7.64. The first-order chi connectivity index (χ1) is 17.8. The summed E-state index contributed by atoms with van der Waals surface area (Å²) in [5.74, 6) is -1.47. The largest absolute Gasteiger partial charge is 0.461 e. The molecule has 1 aromatic rings. The number of carbonyl (C=O) groups excluding carboxylic acids is 3. The van der Waals surface area contributed by atoms with Crippen molar-refractivity contribution in [1.82, 2.24) is 15.5 Å². The van der Waals surface area contributed by atoms with Crippen LogP contribution in [0.25, 0.3) is 0 Å². The highest BCUT2D eigenvalue weighted by Crippen LogP contribution is 2.32. The molecule has 218 valence electrons. The van der Waals surface area contributed by atoms with E-state index < -0.39 is 29.9 Å². The number of hydrogen-bond donors (Lipinski definition) is 2. The first-order valence-corrected chi connectivity index (χ1v) is 14.2. The summed E-state index contributed by atoms with van der Waals surface area (Å²) >= 11 is 0. The fraction of sp³-hybridized carbons (Fsp3) is 0.710. The molecular weight excluding hydrogens is 494 g/mol. The van der Waals surface area contributed by atoms with Crippen molar-refractivity contribution in [2.45, 2.75) is 141 Å². The Balaban J connectivity index is 1.82. The minimum Gasteiger partial charge on any atom is -0.461 e. The van der Waals surface area contributed by atoms with Gasteiger partial charge in [0.05, 0.1) is 0 Å². The van der Waals surface area contributed by atoms with Gasteiger partial charge in [0.1, 0.15) is 24.3 Å². The third-order valence-electron chi connectivity index (χ3n) is 7.64. The molecule has 2 heterocycles. The van der Waals surface area contributed by atoms with E-state index in [0.717, 1.165) is 0 Å². The van der Waals surface area contributed by atoms with E-state index in [-0.39, 0.29) is 34.4 Å². The van der Waals surface area contributed by atoms with Gasteiger partial charge in [-0.1, -0.05) is 18.2 Å². The number of amides is 1. The Bertz CT molecular complexity index is 960. The molecule has 2 unspecified atom stereocenters. The van der Waals surface area contributed by atoms with Crippen LogP contribution in [0.2, 0.25) is 0 Å². The summed E-state index contributed by atoms with van der Waals surface area (Å²) < 4.78 is 12.0. The van der Waals surface area contributed by atoms with Crippen LogP contribution in [0.15, 0.2) is 30.3 Å². The van der Waals surface area contributed by atoms with Crippen molar-refractivity contribution in [2.24, 2.45) is 0 Å². The van der Waals surface area contributed by atoms with Gasteiger partial charge in [-0.3, -0.25) is 4.79 Å². The molecule has 2 N–H and O–H groups in total. The maximum absolute atomic E-state index is 13.7. The van der Waals surface area contributed by atoms with Crippen molar-refractivity contribution < 1.29 is 23.9 Å². The molecule has 1 amide bonds. The van der Waals surface area contributed by atoms with Crippen molar-refractivity contribution in [1.29, 1.82) is 0 Å². The maximum Gasteiger partial charge on any atom is 0.328 e. The Kier molecular flexibility index (Phi) is 8.93. The van der Waals surface area contributed by atoms with Crippen LogP contribution in [-0.2, 0) is 19.1 Å². The van der Waals surface area contributed by atoms with Gasteiger partial charge < -0.3 is 25.0 Å². The molecular formula is C31H49N3O5. The highest BCUT2D eigenvalue weighted by molar-refractivity contribution is 5.99. The van der Waals surface area contributed by atoms with E-state index in [4.69, 9.17) is 9.47 Å². The summed E-state index contributed by atoms with van der Waals surface area (Å²) in [4.78, 5) is 42.0. The molecule has 8 nitrogen and oxygen atoms in total. The lowest BCUT2D eigenvalue weighted by atomic mass is 9.81. The van der Waals surface area contributed by atoms with Gasteiger partial charge in [-0.2, -0.15) is 0 Å². The lowest BCUT2D eigenvalue weighted by Crippen LogP contribution is -2.61. The number of rotatable bonds is 7. The molecule has 2 aliphatic heterocycles. The predicted octanol–water partition coefficient (Wildman–Crippen LogP) is 4.61. The van der Waals surface area contributed by atoms with Crippen LogP contribution in [0.3, 0.4) is 0 Å². The summed E-state index contributed by atoms with van der Waals surface area (Å²) in [6.07, 6.45) is 2.00. The molecule has 39 heavy (non-hydrogen) atoms. The van der Waals surface area contributed by atoms with Crippen LogP contribution < -0.4 is 10.6 Å². The van der Waals surface area contributed by atoms with Gasteiger partial charge in [0, 0.05) is 53.4 Å². The number of nitrogens with one attached hydrogen (secondary N) is 2. The fourth-order valence-electron chi connectivity index (χ4n) is 6.79. The zero-order valence-electron chi connectivity index (χ0n) is 25.5. The van der Waals surface area contributed by atoms with Gasteiger partial charge >= 0.3 is 11.9 Å². The summed E-state index contributed by atoms with van der Waals surface area (Å²) in [7, 11) is 0. The number of ether oxygens (including phenoxy) is 2. The van der Waals surface area contributed by atoms with Crippen LogP contribution >= 0.6 is 0 Å². The Hall–Kier alpha value is -2.45. The van der Waals surface area contributed by atoms with Gasteiger partial charge in [-0.25, -0.2) is 9.59 Å². The number of esters is 2. The Morgan fingerprint density at radius 2 is 1.03 bits per heavy atom. The summed E-state index contributed by atoms with van der Waals surface area (Å²) in [5.41, 5.74) is -0.428. The second-order valence-electron chi connectivity index (χ2n) is 14.2. The monoisotopic (exact) mass is 543 g/mol. The van der Waals surface area contributed by atoms with Crippen molar-refractivity contribution in [3.05, 3.63) is 35.9 Å². The van der Waals surface area contributed by atoms with Crippen molar-refractivity contribution in [3.63, 3.8) is 0 Å². The topological polar surface area (TPSA) is 97.0 Å². The zero-order valence-corrected chi connectivity index (χ0v) is 25.5. The summed E-state index contributed by atoms with van der Waals surface area (Å²) in [5, 5.41) is 7.18. The molecule has 2 fully saturated rings. The van der Waals surface area contributed by atoms with Crippen LogP contribution in [0.1, 0.15) is 105 Å². The van der Waals surface area contributed by atoms with Gasteiger partial charge in [0.2, 0.25) is 0 Å². The number of hydrogen-bond acceptors (Lipinski definition) is 7. The lowest BCUT2D eigenvalue weighted by Gasteiger charge is -2.46. The van der Waals surface area contributed by atoms with E-state index in [0.29, 0.717) is 31.2 Å². The lowest BCUT2D eigenvalue weighted by molar-refractivity contribution is -0.164. The van der Waals surface area contributed by atoms with Gasteiger partial charge in [0.25, 0.3) is 5.91 Å². The number of benzene rings is 1. The zero-order chi connectivity index (χ0) is 29.4.